The summed E-state index contributed by atoms with van der Waals surface area (Å²) in [7, 11) is 1.18. The smallest absolute Gasteiger partial charge is 0.419 e. The van der Waals surface area contributed by atoms with Crippen molar-refractivity contribution in [3.63, 3.8) is 0 Å². The summed E-state index contributed by atoms with van der Waals surface area (Å²) in [6.45, 7) is 0. The van der Waals surface area contributed by atoms with Crippen LogP contribution in [-0.4, -0.2) is 12.1 Å². The SMILES string of the molecule is COc1ccc(-c2cc(=O)cc[nH]2)cc1C(F)(F)F. The summed E-state index contributed by atoms with van der Waals surface area (Å²) >= 11 is 0. The molecule has 2 aromatic rings. The van der Waals surface area contributed by atoms with Crippen molar-refractivity contribution >= 4 is 0 Å². The third kappa shape index (κ3) is 2.78. The third-order valence-electron chi connectivity index (χ3n) is 2.59. The number of rotatable bonds is 2. The Balaban J connectivity index is 2.58. The first-order chi connectivity index (χ1) is 8.91. The number of hydrogen-bond acceptors (Lipinski definition) is 2. The standard InChI is InChI=1S/C13H10F3NO2/c1-19-12-3-2-8(6-10(12)13(14,15)16)11-7-9(18)4-5-17-11/h2-7H,1H3,(H,17,18). The van der Waals surface area contributed by atoms with Gasteiger partial charge in [-0.15, -0.1) is 0 Å². The van der Waals surface area contributed by atoms with Crippen LogP contribution in [0.5, 0.6) is 5.75 Å². The van der Waals surface area contributed by atoms with Crippen LogP contribution < -0.4 is 10.2 Å². The molecule has 0 unspecified atom stereocenters. The van der Waals surface area contributed by atoms with E-state index < -0.39 is 11.7 Å². The maximum atomic E-state index is 12.9. The van der Waals surface area contributed by atoms with Crippen molar-refractivity contribution in [1.29, 1.82) is 0 Å². The fourth-order valence-corrected chi connectivity index (χ4v) is 1.71. The van der Waals surface area contributed by atoms with Crippen molar-refractivity contribution in [2.45, 2.75) is 6.18 Å². The molecule has 0 spiro atoms. The number of pyridine rings is 1. The summed E-state index contributed by atoms with van der Waals surface area (Å²) in [4.78, 5) is 13.9. The van der Waals surface area contributed by atoms with Crippen LogP contribution in [0.2, 0.25) is 0 Å². The first kappa shape index (κ1) is 13.2. The van der Waals surface area contributed by atoms with Gasteiger partial charge in [-0.1, -0.05) is 0 Å². The molecule has 2 rings (SSSR count). The third-order valence-corrected chi connectivity index (χ3v) is 2.59. The van der Waals surface area contributed by atoms with E-state index >= 15 is 0 Å². The van der Waals surface area contributed by atoms with E-state index in [0.29, 0.717) is 5.69 Å². The van der Waals surface area contributed by atoms with E-state index in [2.05, 4.69) is 4.98 Å². The Kier molecular flexibility index (Phi) is 3.33. The molecule has 1 aromatic heterocycles. The number of nitrogens with one attached hydrogen (secondary N) is 1. The molecular formula is C13H10F3NO2. The van der Waals surface area contributed by atoms with Crippen LogP contribution in [0, 0.1) is 0 Å². The molecule has 0 aliphatic heterocycles. The van der Waals surface area contributed by atoms with E-state index in [1.54, 1.807) is 0 Å². The zero-order valence-electron chi connectivity index (χ0n) is 9.91. The van der Waals surface area contributed by atoms with Crippen LogP contribution in [-0.2, 0) is 6.18 Å². The highest BCUT2D eigenvalue weighted by atomic mass is 19.4. The maximum Gasteiger partial charge on any atom is 0.419 e. The molecule has 1 heterocycles. The molecule has 3 nitrogen and oxygen atoms in total. The molecule has 6 heteroatoms. The van der Waals surface area contributed by atoms with Crippen LogP contribution in [0.25, 0.3) is 11.3 Å². The maximum absolute atomic E-state index is 12.9. The summed E-state index contributed by atoms with van der Waals surface area (Å²) in [5, 5.41) is 0. The monoisotopic (exact) mass is 269 g/mol. The summed E-state index contributed by atoms with van der Waals surface area (Å²) in [6.07, 6.45) is -3.13. The summed E-state index contributed by atoms with van der Waals surface area (Å²) in [5.74, 6) is -0.255. The summed E-state index contributed by atoms with van der Waals surface area (Å²) in [5.41, 5.74) is -0.568. The number of methoxy groups -OCH3 is 1. The minimum Gasteiger partial charge on any atom is -0.496 e. The van der Waals surface area contributed by atoms with Gasteiger partial charge in [-0.2, -0.15) is 13.2 Å². The second kappa shape index (κ2) is 4.79. The molecule has 0 amide bonds. The first-order valence-corrected chi connectivity index (χ1v) is 5.36. The van der Waals surface area contributed by atoms with Crippen LogP contribution in [0.4, 0.5) is 13.2 Å². The highest BCUT2D eigenvalue weighted by molar-refractivity contribution is 5.62. The first-order valence-electron chi connectivity index (χ1n) is 5.36. The number of aromatic nitrogens is 1. The highest BCUT2D eigenvalue weighted by Crippen LogP contribution is 2.38. The van der Waals surface area contributed by atoms with Crippen LogP contribution in [0.1, 0.15) is 5.56 Å². The number of halogens is 3. The molecule has 0 radical (unpaired) electrons. The molecule has 0 saturated heterocycles. The fourth-order valence-electron chi connectivity index (χ4n) is 1.71. The minimum atomic E-state index is -4.52. The van der Waals surface area contributed by atoms with E-state index in [4.69, 9.17) is 4.74 Å². The Morgan fingerprint density at radius 2 is 1.89 bits per heavy atom. The Hall–Kier alpha value is -2.24. The van der Waals surface area contributed by atoms with Gasteiger partial charge >= 0.3 is 6.18 Å². The van der Waals surface area contributed by atoms with Gasteiger partial charge < -0.3 is 9.72 Å². The van der Waals surface area contributed by atoms with Gasteiger partial charge in [-0.3, -0.25) is 4.79 Å². The molecule has 0 aliphatic rings. The van der Waals surface area contributed by atoms with Crippen molar-refractivity contribution in [2.75, 3.05) is 7.11 Å². The Bertz CT molecular complexity index is 647. The predicted octanol–water partition coefficient (Wildman–Crippen LogP) is 3.07. The lowest BCUT2D eigenvalue weighted by atomic mass is 10.1. The van der Waals surface area contributed by atoms with Gasteiger partial charge in [0, 0.05) is 24.0 Å². The molecule has 19 heavy (non-hydrogen) atoms. The largest absolute Gasteiger partial charge is 0.496 e. The average Bonchev–Trinajstić information content (AvgIpc) is 2.37. The molecular weight excluding hydrogens is 259 g/mol. The number of alkyl halides is 3. The normalized spacial score (nSPS) is 11.4. The average molecular weight is 269 g/mol. The number of H-pyrrole nitrogens is 1. The van der Waals surface area contributed by atoms with E-state index in [-0.39, 0.29) is 16.7 Å². The van der Waals surface area contributed by atoms with Gasteiger partial charge in [0.15, 0.2) is 5.43 Å². The second-order valence-electron chi connectivity index (χ2n) is 3.85. The summed E-state index contributed by atoms with van der Waals surface area (Å²) in [6, 6.07) is 6.16. The molecule has 0 fully saturated rings. The second-order valence-corrected chi connectivity index (χ2v) is 3.85. The Labute approximate surface area is 106 Å². The van der Waals surface area contributed by atoms with Crippen molar-refractivity contribution in [3.05, 3.63) is 52.3 Å². The number of benzene rings is 1. The lowest BCUT2D eigenvalue weighted by molar-refractivity contribution is -0.138. The number of ether oxygens (including phenoxy) is 1. The molecule has 1 N–H and O–H groups in total. The van der Waals surface area contributed by atoms with Crippen LogP contribution >= 0.6 is 0 Å². The van der Waals surface area contributed by atoms with Gasteiger partial charge in [0.1, 0.15) is 5.75 Å². The molecule has 0 aliphatic carbocycles. The molecule has 0 bridgehead atoms. The van der Waals surface area contributed by atoms with E-state index in [1.165, 1.54) is 37.6 Å². The Morgan fingerprint density at radius 1 is 1.16 bits per heavy atom. The minimum absolute atomic E-state index is 0.255. The highest BCUT2D eigenvalue weighted by Gasteiger charge is 2.34. The van der Waals surface area contributed by atoms with Crippen LogP contribution in [0.15, 0.2) is 41.3 Å². The van der Waals surface area contributed by atoms with E-state index in [1.807, 2.05) is 0 Å². The molecule has 1 aromatic carbocycles. The van der Waals surface area contributed by atoms with Gasteiger partial charge in [-0.25, -0.2) is 0 Å². The quantitative estimate of drug-likeness (QED) is 0.910. The van der Waals surface area contributed by atoms with E-state index in [0.717, 1.165) is 6.07 Å². The number of aromatic amines is 1. The van der Waals surface area contributed by atoms with Gasteiger partial charge in [-0.05, 0) is 23.8 Å². The lowest BCUT2D eigenvalue weighted by Gasteiger charge is -2.13. The van der Waals surface area contributed by atoms with Crippen molar-refractivity contribution < 1.29 is 17.9 Å². The van der Waals surface area contributed by atoms with Gasteiger partial charge in [0.05, 0.1) is 12.7 Å². The van der Waals surface area contributed by atoms with Gasteiger partial charge in [0.25, 0.3) is 0 Å². The van der Waals surface area contributed by atoms with E-state index in [9.17, 15) is 18.0 Å². The predicted molar refractivity (Wildman–Crippen MR) is 64.1 cm³/mol. The molecule has 0 saturated carbocycles. The summed E-state index contributed by atoms with van der Waals surface area (Å²) < 4.78 is 43.3. The zero-order chi connectivity index (χ0) is 14.0. The van der Waals surface area contributed by atoms with Gasteiger partial charge in [0.2, 0.25) is 0 Å². The fraction of sp³-hybridized carbons (Fsp3) is 0.154. The molecule has 0 atom stereocenters. The zero-order valence-corrected chi connectivity index (χ0v) is 9.91. The van der Waals surface area contributed by atoms with Crippen molar-refractivity contribution in [1.82, 2.24) is 4.98 Å². The molecule has 100 valence electrons. The van der Waals surface area contributed by atoms with Crippen molar-refractivity contribution in [3.8, 4) is 17.0 Å². The van der Waals surface area contributed by atoms with Crippen LogP contribution in [0.3, 0.4) is 0 Å². The van der Waals surface area contributed by atoms with Crippen molar-refractivity contribution in [2.24, 2.45) is 0 Å². The lowest BCUT2D eigenvalue weighted by Crippen LogP contribution is -2.08. The topological polar surface area (TPSA) is 42.1 Å². The number of hydrogen-bond donors (Lipinski definition) is 1. The Morgan fingerprint density at radius 3 is 2.47 bits per heavy atom.